The zero-order valence-electron chi connectivity index (χ0n) is 10.6. The number of carbonyl (C=O) groups is 1. The van der Waals surface area contributed by atoms with Crippen molar-refractivity contribution in [3.63, 3.8) is 0 Å². The van der Waals surface area contributed by atoms with Gasteiger partial charge in [-0.25, -0.2) is 0 Å². The summed E-state index contributed by atoms with van der Waals surface area (Å²) >= 11 is 0. The number of nitrogens with one attached hydrogen (secondary N) is 1. The first kappa shape index (κ1) is 11.7. The number of hydrogen-bond acceptors (Lipinski definition) is 3. The van der Waals surface area contributed by atoms with Crippen LogP contribution in [-0.2, 0) is 4.74 Å². The number of rotatable bonds is 1. The Hall–Kier alpha value is -1.39. The van der Waals surface area contributed by atoms with Crippen molar-refractivity contribution in [2.24, 2.45) is 0 Å². The first-order valence-electron chi connectivity index (χ1n) is 6.45. The number of fused-ring (bicyclic) bond motifs is 1. The van der Waals surface area contributed by atoms with Crippen molar-refractivity contribution < 1.29 is 9.53 Å². The van der Waals surface area contributed by atoms with Crippen LogP contribution < -0.4 is 5.32 Å². The monoisotopic (exact) mass is 246 g/mol. The van der Waals surface area contributed by atoms with Crippen LogP contribution in [0.1, 0.15) is 15.9 Å². The lowest BCUT2D eigenvalue weighted by atomic mass is 10.1. The van der Waals surface area contributed by atoms with Crippen LogP contribution in [0.3, 0.4) is 0 Å². The molecule has 2 saturated heterocycles. The average Bonchev–Trinajstić information content (AvgIpc) is 2.87. The van der Waals surface area contributed by atoms with Gasteiger partial charge in [-0.05, 0) is 19.1 Å². The van der Waals surface area contributed by atoms with Crippen molar-refractivity contribution >= 4 is 5.91 Å². The normalized spacial score (nSPS) is 27.1. The van der Waals surface area contributed by atoms with E-state index in [0.717, 1.165) is 18.7 Å². The molecule has 1 amide bonds. The molecule has 18 heavy (non-hydrogen) atoms. The molecule has 0 aliphatic carbocycles. The van der Waals surface area contributed by atoms with Gasteiger partial charge in [0, 0.05) is 25.2 Å². The molecule has 1 aromatic carbocycles. The van der Waals surface area contributed by atoms with E-state index in [4.69, 9.17) is 4.74 Å². The van der Waals surface area contributed by atoms with Crippen LogP contribution >= 0.6 is 0 Å². The Labute approximate surface area is 107 Å². The number of carbonyl (C=O) groups excluding carboxylic acids is 1. The number of aryl methyl sites for hydroxylation is 1. The highest BCUT2D eigenvalue weighted by molar-refractivity contribution is 5.94. The smallest absolute Gasteiger partial charge is 0.254 e. The fraction of sp³-hybridized carbons (Fsp3) is 0.500. The summed E-state index contributed by atoms with van der Waals surface area (Å²) < 4.78 is 5.68. The third-order valence-electron chi connectivity index (χ3n) is 3.75. The Morgan fingerprint density at radius 2 is 2.11 bits per heavy atom. The largest absolute Gasteiger partial charge is 0.373 e. The molecule has 0 unspecified atom stereocenters. The lowest BCUT2D eigenvalue weighted by Gasteiger charge is -2.37. The highest BCUT2D eigenvalue weighted by atomic mass is 16.5. The van der Waals surface area contributed by atoms with Crippen molar-refractivity contribution in [2.75, 3.05) is 26.2 Å². The summed E-state index contributed by atoms with van der Waals surface area (Å²) in [5, 5.41) is 3.29. The number of ether oxygens (including phenoxy) is 1. The number of amides is 1. The summed E-state index contributed by atoms with van der Waals surface area (Å²) in [5.41, 5.74) is 1.95. The topological polar surface area (TPSA) is 41.6 Å². The number of hydrogen-bond donors (Lipinski definition) is 1. The zero-order chi connectivity index (χ0) is 12.5. The van der Waals surface area contributed by atoms with Crippen LogP contribution in [0.5, 0.6) is 0 Å². The molecule has 2 fully saturated rings. The fourth-order valence-corrected chi connectivity index (χ4v) is 2.70. The lowest BCUT2D eigenvalue weighted by Crippen LogP contribution is -2.53. The summed E-state index contributed by atoms with van der Waals surface area (Å²) in [6.07, 6.45) is 0.160. The molecule has 0 spiro atoms. The van der Waals surface area contributed by atoms with Gasteiger partial charge < -0.3 is 15.0 Å². The summed E-state index contributed by atoms with van der Waals surface area (Å²) in [4.78, 5) is 14.5. The van der Waals surface area contributed by atoms with E-state index < -0.39 is 0 Å². The van der Waals surface area contributed by atoms with Crippen LogP contribution in [0.4, 0.5) is 0 Å². The van der Waals surface area contributed by atoms with E-state index in [1.165, 1.54) is 5.56 Å². The number of nitrogens with zero attached hydrogens (tertiary/aromatic N) is 1. The molecule has 4 heteroatoms. The molecule has 2 aliphatic rings. The SMILES string of the molecule is Cc1ccc(C(=O)N2CCO[C@@H]3CNC[C@H]32)cc1. The molecule has 4 nitrogen and oxygen atoms in total. The van der Waals surface area contributed by atoms with E-state index in [9.17, 15) is 4.79 Å². The van der Waals surface area contributed by atoms with Gasteiger partial charge in [-0.2, -0.15) is 0 Å². The minimum atomic E-state index is 0.122. The predicted octanol–water partition coefficient (Wildman–Crippen LogP) is 0.808. The summed E-state index contributed by atoms with van der Waals surface area (Å²) in [6.45, 7) is 5.04. The highest BCUT2D eigenvalue weighted by Crippen LogP contribution is 2.20. The van der Waals surface area contributed by atoms with E-state index in [1.807, 2.05) is 36.1 Å². The van der Waals surface area contributed by atoms with Gasteiger partial charge in [-0.1, -0.05) is 17.7 Å². The van der Waals surface area contributed by atoms with Crippen LogP contribution in [0.25, 0.3) is 0 Å². The molecule has 0 bridgehead atoms. The Kier molecular flexibility index (Phi) is 3.06. The van der Waals surface area contributed by atoms with Crippen LogP contribution in [0.15, 0.2) is 24.3 Å². The molecule has 0 radical (unpaired) electrons. The Balaban J connectivity index is 1.81. The van der Waals surface area contributed by atoms with E-state index in [-0.39, 0.29) is 18.1 Å². The average molecular weight is 246 g/mol. The Bertz CT molecular complexity index is 444. The maximum Gasteiger partial charge on any atom is 0.254 e. The van der Waals surface area contributed by atoms with Gasteiger partial charge in [0.1, 0.15) is 0 Å². The standard InChI is InChI=1S/C14H18N2O2/c1-10-2-4-11(5-3-10)14(17)16-6-7-18-13-9-15-8-12(13)16/h2-5,12-13,15H,6-9H2,1H3/t12-,13-/m1/s1. The molecule has 1 aromatic rings. The third-order valence-corrected chi connectivity index (χ3v) is 3.75. The second-order valence-corrected chi connectivity index (χ2v) is 5.00. The quantitative estimate of drug-likeness (QED) is 0.797. The number of benzene rings is 1. The van der Waals surface area contributed by atoms with E-state index >= 15 is 0 Å². The van der Waals surface area contributed by atoms with Crippen molar-refractivity contribution in [3.8, 4) is 0 Å². The molecule has 0 aromatic heterocycles. The van der Waals surface area contributed by atoms with Gasteiger partial charge in [0.05, 0.1) is 18.8 Å². The zero-order valence-corrected chi connectivity index (χ0v) is 10.6. The van der Waals surface area contributed by atoms with E-state index in [0.29, 0.717) is 13.2 Å². The molecule has 3 rings (SSSR count). The first-order chi connectivity index (χ1) is 8.75. The van der Waals surface area contributed by atoms with Crippen molar-refractivity contribution in [1.29, 1.82) is 0 Å². The van der Waals surface area contributed by atoms with Gasteiger partial charge in [-0.15, -0.1) is 0 Å². The molecule has 2 atom stereocenters. The minimum Gasteiger partial charge on any atom is -0.373 e. The molecule has 2 aliphatic heterocycles. The maximum atomic E-state index is 12.5. The van der Waals surface area contributed by atoms with Crippen LogP contribution in [0.2, 0.25) is 0 Å². The first-order valence-corrected chi connectivity index (χ1v) is 6.45. The molecule has 0 saturated carbocycles. The summed E-state index contributed by atoms with van der Waals surface area (Å²) in [7, 11) is 0. The molecular weight excluding hydrogens is 228 g/mol. The Morgan fingerprint density at radius 3 is 2.89 bits per heavy atom. The van der Waals surface area contributed by atoms with Gasteiger partial charge in [0.2, 0.25) is 0 Å². The summed E-state index contributed by atoms with van der Waals surface area (Å²) in [5.74, 6) is 0.122. The van der Waals surface area contributed by atoms with Crippen molar-refractivity contribution in [1.82, 2.24) is 10.2 Å². The van der Waals surface area contributed by atoms with E-state index in [2.05, 4.69) is 5.32 Å². The van der Waals surface area contributed by atoms with Gasteiger partial charge in [0.25, 0.3) is 5.91 Å². The van der Waals surface area contributed by atoms with Crippen LogP contribution in [0, 0.1) is 6.92 Å². The van der Waals surface area contributed by atoms with Crippen LogP contribution in [-0.4, -0.2) is 49.2 Å². The fourth-order valence-electron chi connectivity index (χ4n) is 2.70. The highest BCUT2D eigenvalue weighted by Gasteiger charge is 2.38. The predicted molar refractivity (Wildman–Crippen MR) is 68.6 cm³/mol. The van der Waals surface area contributed by atoms with Crippen molar-refractivity contribution in [3.05, 3.63) is 35.4 Å². The molecule has 2 heterocycles. The minimum absolute atomic E-state index is 0.122. The van der Waals surface area contributed by atoms with Crippen molar-refractivity contribution in [2.45, 2.75) is 19.1 Å². The lowest BCUT2D eigenvalue weighted by molar-refractivity contribution is -0.0364. The number of morpholine rings is 1. The van der Waals surface area contributed by atoms with Gasteiger partial charge in [0.15, 0.2) is 0 Å². The summed E-state index contributed by atoms with van der Waals surface area (Å²) in [6, 6.07) is 7.97. The third kappa shape index (κ3) is 2.02. The molecule has 96 valence electrons. The van der Waals surface area contributed by atoms with E-state index in [1.54, 1.807) is 0 Å². The molecule has 1 N–H and O–H groups in total. The van der Waals surface area contributed by atoms with Gasteiger partial charge in [-0.3, -0.25) is 4.79 Å². The second-order valence-electron chi connectivity index (χ2n) is 5.00. The second kappa shape index (κ2) is 4.71. The van der Waals surface area contributed by atoms with Gasteiger partial charge >= 0.3 is 0 Å². The maximum absolute atomic E-state index is 12.5. The molecular formula is C14H18N2O2. The Morgan fingerprint density at radius 1 is 1.33 bits per heavy atom.